The highest BCUT2D eigenvalue weighted by Gasteiger charge is 2.83. The first-order valence-corrected chi connectivity index (χ1v) is 6.09. The zero-order chi connectivity index (χ0) is 13.3. The van der Waals surface area contributed by atoms with Crippen LogP contribution >= 0.6 is 0 Å². The molecular formula is C13H10F2N4. The highest BCUT2D eigenvalue weighted by Crippen LogP contribution is 2.68. The molecule has 96 valence electrons. The lowest BCUT2D eigenvalue weighted by molar-refractivity contribution is 0.0671. The summed E-state index contributed by atoms with van der Waals surface area (Å²) in [6, 6.07) is 7.12. The van der Waals surface area contributed by atoms with Crippen molar-refractivity contribution >= 4 is 10.9 Å². The number of benzene rings is 1. The normalized spacial score (nSPS) is 31.1. The zero-order valence-electron chi connectivity index (χ0n) is 9.87. The molecule has 19 heavy (non-hydrogen) atoms. The van der Waals surface area contributed by atoms with Gasteiger partial charge in [0, 0.05) is 18.5 Å². The van der Waals surface area contributed by atoms with Gasteiger partial charge in [0.1, 0.15) is 11.6 Å². The smallest absolute Gasteiger partial charge is 0.266 e. The SMILES string of the molecule is N#Cc1cccc2c(C34CNC[C@H]3C4(F)F)[nH]nc12. The van der Waals surface area contributed by atoms with Crippen molar-refractivity contribution in [3.05, 3.63) is 29.5 Å². The third-order valence-electron chi connectivity index (χ3n) is 4.45. The van der Waals surface area contributed by atoms with E-state index in [0.717, 1.165) is 0 Å². The van der Waals surface area contributed by atoms with Crippen molar-refractivity contribution in [3.8, 4) is 6.07 Å². The molecule has 1 aliphatic carbocycles. The van der Waals surface area contributed by atoms with E-state index in [1.54, 1.807) is 18.2 Å². The molecule has 2 N–H and O–H groups in total. The third kappa shape index (κ3) is 1.04. The lowest BCUT2D eigenvalue weighted by Crippen LogP contribution is -2.29. The number of aromatic amines is 1. The van der Waals surface area contributed by atoms with Gasteiger partial charge in [-0.1, -0.05) is 12.1 Å². The molecule has 2 heterocycles. The van der Waals surface area contributed by atoms with E-state index in [2.05, 4.69) is 15.5 Å². The summed E-state index contributed by atoms with van der Waals surface area (Å²) in [6.45, 7) is 0.574. The molecule has 4 rings (SSSR count). The maximum absolute atomic E-state index is 14.0. The lowest BCUT2D eigenvalue weighted by atomic mass is 9.96. The van der Waals surface area contributed by atoms with Crippen molar-refractivity contribution in [3.63, 3.8) is 0 Å². The molecule has 2 fully saturated rings. The molecule has 0 bridgehead atoms. The van der Waals surface area contributed by atoms with E-state index in [0.29, 0.717) is 28.7 Å². The maximum atomic E-state index is 14.0. The van der Waals surface area contributed by atoms with E-state index in [1.807, 2.05) is 6.07 Å². The minimum Gasteiger partial charge on any atom is -0.315 e. The fourth-order valence-electron chi connectivity index (χ4n) is 3.39. The second-order valence-corrected chi connectivity index (χ2v) is 5.19. The number of rotatable bonds is 1. The molecule has 1 saturated carbocycles. The van der Waals surface area contributed by atoms with Crippen molar-refractivity contribution in [1.29, 1.82) is 5.26 Å². The van der Waals surface area contributed by atoms with E-state index < -0.39 is 17.3 Å². The minimum atomic E-state index is -2.69. The Morgan fingerprint density at radius 2 is 2.26 bits per heavy atom. The average molecular weight is 260 g/mol. The fraction of sp³-hybridized carbons (Fsp3) is 0.385. The van der Waals surface area contributed by atoms with Gasteiger partial charge >= 0.3 is 0 Å². The number of para-hydroxylation sites is 1. The van der Waals surface area contributed by atoms with Crippen LogP contribution in [0.5, 0.6) is 0 Å². The molecule has 1 aliphatic heterocycles. The number of aromatic nitrogens is 2. The standard InChI is InChI=1S/C13H10F2N4/c14-13(15)9-5-17-6-12(9,13)11-8-3-1-2-7(4-16)10(8)18-19-11/h1-3,9,17H,5-6H2,(H,18,19)/t9-,12?/m1/s1. The summed E-state index contributed by atoms with van der Waals surface area (Å²) < 4.78 is 28.0. The van der Waals surface area contributed by atoms with E-state index in [4.69, 9.17) is 5.26 Å². The summed E-state index contributed by atoms with van der Waals surface area (Å²) in [4.78, 5) is 0. The number of hydrogen-bond acceptors (Lipinski definition) is 3. The summed E-state index contributed by atoms with van der Waals surface area (Å²) >= 11 is 0. The van der Waals surface area contributed by atoms with Crippen LogP contribution in [0, 0.1) is 17.2 Å². The van der Waals surface area contributed by atoms with Crippen LogP contribution in [0.2, 0.25) is 0 Å². The highest BCUT2D eigenvalue weighted by atomic mass is 19.3. The zero-order valence-corrected chi connectivity index (χ0v) is 9.87. The molecule has 2 aromatic rings. The molecular weight excluding hydrogens is 250 g/mol. The fourth-order valence-corrected chi connectivity index (χ4v) is 3.39. The summed E-state index contributed by atoms with van der Waals surface area (Å²) in [5, 5.41) is 19.5. The maximum Gasteiger partial charge on any atom is 0.266 e. The van der Waals surface area contributed by atoms with Crippen LogP contribution in [0.15, 0.2) is 18.2 Å². The number of nitrogens with one attached hydrogen (secondary N) is 2. The van der Waals surface area contributed by atoms with Crippen LogP contribution in [0.1, 0.15) is 11.3 Å². The number of hydrogen-bond donors (Lipinski definition) is 2. The molecule has 1 saturated heterocycles. The number of H-pyrrole nitrogens is 1. The number of fused-ring (bicyclic) bond motifs is 2. The first-order valence-electron chi connectivity index (χ1n) is 6.09. The van der Waals surface area contributed by atoms with Crippen LogP contribution in [0.25, 0.3) is 10.9 Å². The van der Waals surface area contributed by atoms with E-state index >= 15 is 0 Å². The quantitative estimate of drug-likeness (QED) is 0.817. The van der Waals surface area contributed by atoms with Crippen molar-refractivity contribution in [1.82, 2.24) is 15.5 Å². The number of nitriles is 1. The first kappa shape index (κ1) is 10.9. The first-order chi connectivity index (χ1) is 9.13. The van der Waals surface area contributed by atoms with Gasteiger partial charge in [-0.2, -0.15) is 10.4 Å². The monoisotopic (exact) mass is 260 g/mol. The number of alkyl halides is 2. The molecule has 0 radical (unpaired) electrons. The predicted octanol–water partition coefficient (Wildman–Crippen LogP) is 1.54. The Hall–Kier alpha value is -2.00. The Balaban J connectivity index is 1.97. The molecule has 2 aliphatic rings. The topological polar surface area (TPSA) is 64.5 Å². The largest absolute Gasteiger partial charge is 0.315 e. The van der Waals surface area contributed by atoms with Crippen molar-refractivity contribution in [2.75, 3.05) is 13.1 Å². The average Bonchev–Trinajstić information content (AvgIpc) is 2.88. The number of piperidine rings is 1. The van der Waals surface area contributed by atoms with Gasteiger partial charge in [0.05, 0.1) is 22.6 Å². The Bertz CT molecular complexity index is 730. The molecule has 1 aromatic carbocycles. The van der Waals surface area contributed by atoms with Crippen molar-refractivity contribution < 1.29 is 8.78 Å². The minimum absolute atomic E-state index is 0.249. The van der Waals surface area contributed by atoms with Gasteiger partial charge in [-0.3, -0.25) is 5.10 Å². The summed E-state index contributed by atoms with van der Waals surface area (Å²) in [7, 11) is 0. The summed E-state index contributed by atoms with van der Waals surface area (Å²) in [5.74, 6) is -3.37. The Morgan fingerprint density at radius 3 is 2.95 bits per heavy atom. The van der Waals surface area contributed by atoms with E-state index in [1.165, 1.54) is 0 Å². The van der Waals surface area contributed by atoms with Crippen LogP contribution in [0.4, 0.5) is 8.78 Å². The van der Waals surface area contributed by atoms with E-state index in [9.17, 15) is 8.78 Å². The lowest BCUT2D eigenvalue weighted by Gasteiger charge is -2.12. The Kier molecular flexibility index (Phi) is 1.78. The highest BCUT2D eigenvalue weighted by molar-refractivity contribution is 5.88. The second-order valence-electron chi connectivity index (χ2n) is 5.19. The van der Waals surface area contributed by atoms with Gasteiger partial charge in [-0.05, 0) is 6.07 Å². The molecule has 0 amide bonds. The second kappa shape index (κ2) is 3.11. The van der Waals surface area contributed by atoms with Crippen LogP contribution in [-0.4, -0.2) is 29.2 Å². The predicted molar refractivity (Wildman–Crippen MR) is 63.8 cm³/mol. The van der Waals surface area contributed by atoms with Crippen molar-refractivity contribution in [2.45, 2.75) is 11.3 Å². The Labute approximate surface area is 107 Å². The molecule has 1 aromatic heterocycles. The molecule has 6 heteroatoms. The van der Waals surface area contributed by atoms with Gasteiger partial charge in [-0.15, -0.1) is 0 Å². The molecule has 4 nitrogen and oxygen atoms in total. The summed E-state index contributed by atoms with van der Waals surface area (Å²) in [6.07, 6.45) is 0. The van der Waals surface area contributed by atoms with Crippen LogP contribution in [0.3, 0.4) is 0 Å². The third-order valence-corrected chi connectivity index (χ3v) is 4.45. The molecule has 1 unspecified atom stereocenters. The van der Waals surface area contributed by atoms with Crippen molar-refractivity contribution in [2.24, 2.45) is 5.92 Å². The Morgan fingerprint density at radius 1 is 1.42 bits per heavy atom. The van der Waals surface area contributed by atoms with Gasteiger partial charge in [0.15, 0.2) is 0 Å². The van der Waals surface area contributed by atoms with Crippen LogP contribution in [-0.2, 0) is 5.41 Å². The van der Waals surface area contributed by atoms with E-state index in [-0.39, 0.29) is 6.54 Å². The molecule has 2 atom stereocenters. The molecule has 0 spiro atoms. The van der Waals surface area contributed by atoms with Gasteiger partial charge in [0.2, 0.25) is 0 Å². The van der Waals surface area contributed by atoms with Gasteiger partial charge < -0.3 is 5.32 Å². The van der Waals surface area contributed by atoms with Gasteiger partial charge in [0.25, 0.3) is 5.92 Å². The van der Waals surface area contributed by atoms with Gasteiger partial charge in [-0.25, -0.2) is 8.78 Å². The van der Waals surface area contributed by atoms with Crippen LogP contribution < -0.4 is 5.32 Å². The number of halogens is 2. The summed E-state index contributed by atoms with van der Waals surface area (Å²) in [5.41, 5.74) is 0.167. The number of nitrogens with zero attached hydrogens (tertiary/aromatic N) is 2.